The Morgan fingerprint density at radius 1 is 1.10 bits per heavy atom. The molecule has 0 amide bonds. The molecule has 4 nitrogen and oxygen atoms in total. The number of nitrogen functional groups attached to an aromatic ring is 1. The second kappa shape index (κ2) is 6.69. The molecule has 0 atom stereocenters. The Morgan fingerprint density at radius 3 is 2.48 bits per heavy atom. The third kappa shape index (κ3) is 4.54. The van der Waals surface area contributed by atoms with Gasteiger partial charge in [-0.2, -0.15) is 0 Å². The molecular weight excluding hydrogens is 291 g/mol. The van der Waals surface area contributed by atoms with Crippen molar-refractivity contribution in [2.24, 2.45) is 0 Å². The van der Waals surface area contributed by atoms with Gasteiger partial charge < -0.3 is 5.73 Å². The summed E-state index contributed by atoms with van der Waals surface area (Å²) in [4.78, 5) is -0.153. The van der Waals surface area contributed by atoms with Gasteiger partial charge in [-0.15, -0.1) is 0 Å². The first-order valence-corrected chi connectivity index (χ1v) is 8.05. The largest absolute Gasteiger partial charge is 0.399 e. The summed E-state index contributed by atoms with van der Waals surface area (Å²) in [6.07, 6.45) is 1.43. The number of sulfonamides is 1. The number of rotatable bonds is 6. The molecule has 2 aromatic rings. The van der Waals surface area contributed by atoms with Gasteiger partial charge in [0, 0.05) is 12.2 Å². The Bertz CT molecular complexity index is 683. The smallest absolute Gasteiger partial charge is 0.240 e. The van der Waals surface area contributed by atoms with Crippen LogP contribution in [-0.2, 0) is 16.4 Å². The van der Waals surface area contributed by atoms with Crippen LogP contribution in [0, 0.1) is 5.82 Å². The standard InChI is InChI=1S/C15H17FN2O2S/c16-13-9-14(17)11-15(10-13)21(19,20)18-8-4-7-12-5-2-1-3-6-12/h1-3,5-6,9-11,18H,4,7-8,17H2. The lowest BCUT2D eigenvalue weighted by atomic mass is 10.1. The van der Waals surface area contributed by atoms with Crippen molar-refractivity contribution in [2.75, 3.05) is 12.3 Å². The van der Waals surface area contributed by atoms with Gasteiger partial charge in [-0.25, -0.2) is 17.5 Å². The average Bonchev–Trinajstić information content (AvgIpc) is 2.44. The molecule has 0 aliphatic rings. The van der Waals surface area contributed by atoms with Gasteiger partial charge in [0.05, 0.1) is 4.90 Å². The lowest BCUT2D eigenvalue weighted by molar-refractivity contribution is 0.575. The summed E-state index contributed by atoms with van der Waals surface area (Å²) in [6, 6.07) is 13.1. The highest BCUT2D eigenvalue weighted by Gasteiger charge is 2.15. The Balaban J connectivity index is 1.92. The maximum atomic E-state index is 13.2. The van der Waals surface area contributed by atoms with Crippen molar-refractivity contribution < 1.29 is 12.8 Å². The first-order valence-electron chi connectivity index (χ1n) is 6.57. The van der Waals surface area contributed by atoms with Crippen LogP contribution in [0.25, 0.3) is 0 Å². The molecule has 0 aromatic heterocycles. The number of benzene rings is 2. The van der Waals surface area contributed by atoms with Crippen LogP contribution in [0.15, 0.2) is 53.4 Å². The van der Waals surface area contributed by atoms with Crippen LogP contribution in [0.4, 0.5) is 10.1 Å². The number of halogens is 1. The van der Waals surface area contributed by atoms with Gasteiger partial charge in [-0.3, -0.25) is 0 Å². The molecule has 0 radical (unpaired) electrons. The van der Waals surface area contributed by atoms with Crippen molar-refractivity contribution in [1.29, 1.82) is 0 Å². The van der Waals surface area contributed by atoms with Gasteiger partial charge in [0.1, 0.15) is 5.82 Å². The van der Waals surface area contributed by atoms with Crippen molar-refractivity contribution in [2.45, 2.75) is 17.7 Å². The summed E-state index contributed by atoms with van der Waals surface area (Å²) in [7, 11) is -3.73. The van der Waals surface area contributed by atoms with E-state index in [4.69, 9.17) is 5.73 Å². The maximum absolute atomic E-state index is 13.2. The van der Waals surface area contributed by atoms with E-state index in [1.54, 1.807) is 0 Å². The van der Waals surface area contributed by atoms with E-state index in [9.17, 15) is 12.8 Å². The third-order valence-electron chi connectivity index (χ3n) is 2.98. The molecule has 2 rings (SSSR count). The van der Waals surface area contributed by atoms with Gasteiger partial charge in [-0.05, 0) is 36.6 Å². The maximum Gasteiger partial charge on any atom is 0.240 e. The van der Waals surface area contributed by atoms with E-state index in [-0.39, 0.29) is 17.1 Å². The second-order valence-electron chi connectivity index (χ2n) is 4.71. The molecule has 0 saturated heterocycles. The van der Waals surface area contributed by atoms with Crippen LogP contribution in [0.5, 0.6) is 0 Å². The zero-order valence-electron chi connectivity index (χ0n) is 11.4. The van der Waals surface area contributed by atoms with Crippen LogP contribution in [-0.4, -0.2) is 15.0 Å². The minimum absolute atomic E-state index is 0.0830. The molecule has 2 aromatic carbocycles. The van der Waals surface area contributed by atoms with Crippen LogP contribution in [0.3, 0.4) is 0 Å². The van der Waals surface area contributed by atoms with Gasteiger partial charge in [0.15, 0.2) is 0 Å². The van der Waals surface area contributed by atoms with Gasteiger partial charge >= 0.3 is 0 Å². The summed E-state index contributed by atoms with van der Waals surface area (Å²) in [5.74, 6) is -0.667. The number of hydrogen-bond acceptors (Lipinski definition) is 3. The fourth-order valence-electron chi connectivity index (χ4n) is 1.97. The SMILES string of the molecule is Nc1cc(F)cc(S(=O)(=O)NCCCc2ccccc2)c1. The minimum Gasteiger partial charge on any atom is -0.399 e. The van der Waals surface area contributed by atoms with Crippen LogP contribution in [0.1, 0.15) is 12.0 Å². The Hall–Kier alpha value is -1.92. The van der Waals surface area contributed by atoms with E-state index >= 15 is 0 Å². The highest BCUT2D eigenvalue weighted by molar-refractivity contribution is 7.89. The normalized spacial score (nSPS) is 11.5. The summed E-state index contributed by atoms with van der Waals surface area (Å²) >= 11 is 0. The molecule has 0 aliphatic carbocycles. The molecule has 0 bridgehead atoms. The zero-order valence-corrected chi connectivity index (χ0v) is 12.2. The Kier molecular flexibility index (Phi) is 4.93. The number of anilines is 1. The lowest BCUT2D eigenvalue weighted by Crippen LogP contribution is -2.25. The zero-order chi connectivity index (χ0) is 15.3. The second-order valence-corrected chi connectivity index (χ2v) is 6.47. The van der Waals surface area contributed by atoms with Crippen molar-refractivity contribution >= 4 is 15.7 Å². The molecule has 112 valence electrons. The molecule has 0 saturated carbocycles. The summed E-state index contributed by atoms with van der Waals surface area (Å²) < 4.78 is 39.7. The van der Waals surface area contributed by atoms with E-state index in [1.807, 2.05) is 30.3 Å². The highest BCUT2D eigenvalue weighted by Crippen LogP contribution is 2.15. The van der Waals surface area contributed by atoms with Crippen molar-refractivity contribution in [3.63, 3.8) is 0 Å². The van der Waals surface area contributed by atoms with Crippen LogP contribution >= 0.6 is 0 Å². The molecule has 0 unspecified atom stereocenters. The van der Waals surface area contributed by atoms with Crippen molar-refractivity contribution in [3.05, 3.63) is 59.9 Å². The fraction of sp³-hybridized carbons (Fsp3) is 0.200. The van der Waals surface area contributed by atoms with Crippen LogP contribution in [0.2, 0.25) is 0 Å². The average molecular weight is 308 g/mol. The van der Waals surface area contributed by atoms with E-state index in [0.717, 1.165) is 24.1 Å². The van der Waals surface area contributed by atoms with E-state index in [1.165, 1.54) is 6.07 Å². The number of hydrogen-bond donors (Lipinski definition) is 2. The monoisotopic (exact) mass is 308 g/mol. The topological polar surface area (TPSA) is 72.2 Å². The van der Waals surface area contributed by atoms with Gasteiger partial charge in [0.2, 0.25) is 10.0 Å². The molecule has 21 heavy (non-hydrogen) atoms. The first kappa shape index (κ1) is 15.5. The first-order chi connectivity index (χ1) is 9.97. The molecule has 0 fully saturated rings. The lowest BCUT2D eigenvalue weighted by Gasteiger charge is -2.08. The van der Waals surface area contributed by atoms with Gasteiger partial charge in [-0.1, -0.05) is 30.3 Å². The number of aryl methyl sites for hydroxylation is 1. The molecule has 0 spiro atoms. The quantitative estimate of drug-likeness (QED) is 0.635. The van der Waals surface area contributed by atoms with E-state index in [0.29, 0.717) is 6.42 Å². The predicted octanol–water partition coefficient (Wildman–Crippen LogP) is 2.32. The number of nitrogens with two attached hydrogens (primary N) is 1. The number of nitrogens with one attached hydrogen (secondary N) is 1. The molecule has 6 heteroatoms. The fourth-order valence-corrected chi connectivity index (χ4v) is 3.11. The molecule has 3 N–H and O–H groups in total. The predicted molar refractivity (Wildman–Crippen MR) is 80.8 cm³/mol. The van der Waals surface area contributed by atoms with Gasteiger partial charge in [0.25, 0.3) is 0 Å². The summed E-state index contributed by atoms with van der Waals surface area (Å²) in [5, 5.41) is 0. The van der Waals surface area contributed by atoms with Crippen molar-refractivity contribution in [1.82, 2.24) is 4.72 Å². The third-order valence-corrected chi connectivity index (χ3v) is 4.42. The molecule has 0 aliphatic heterocycles. The Labute approximate surface area is 123 Å². The molecular formula is C15H17FN2O2S. The van der Waals surface area contributed by atoms with Crippen molar-refractivity contribution in [3.8, 4) is 0 Å². The summed E-state index contributed by atoms with van der Waals surface area (Å²) in [5.41, 5.74) is 6.68. The summed E-state index contributed by atoms with van der Waals surface area (Å²) in [6.45, 7) is 0.285. The minimum atomic E-state index is -3.73. The van der Waals surface area contributed by atoms with Crippen LogP contribution < -0.4 is 10.5 Å². The van der Waals surface area contributed by atoms with E-state index < -0.39 is 15.8 Å². The highest BCUT2D eigenvalue weighted by atomic mass is 32.2. The molecule has 0 heterocycles. The van der Waals surface area contributed by atoms with E-state index in [2.05, 4.69) is 4.72 Å². The Morgan fingerprint density at radius 2 is 1.81 bits per heavy atom.